The Labute approximate surface area is 203 Å². The van der Waals surface area contributed by atoms with Gasteiger partial charge in [-0.1, -0.05) is 12.2 Å². The van der Waals surface area contributed by atoms with E-state index in [-0.39, 0.29) is 59.5 Å². The van der Waals surface area contributed by atoms with Crippen molar-refractivity contribution in [2.75, 3.05) is 20.1 Å². The summed E-state index contributed by atoms with van der Waals surface area (Å²) in [5.41, 5.74) is 1.03. The molecule has 5 rings (SSSR count). The third kappa shape index (κ3) is 4.03. The van der Waals surface area contributed by atoms with Crippen molar-refractivity contribution in [2.45, 2.75) is 13.0 Å². The van der Waals surface area contributed by atoms with Crippen molar-refractivity contribution in [3.8, 4) is 5.82 Å². The number of likely N-dealkylation sites (tertiary alicyclic amines) is 1. The molecule has 2 fully saturated rings. The number of guanidine groups is 1. The first-order valence-electron chi connectivity index (χ1n) is 10.6. The molecule has 2 aromatic heterocycles. The van der Waals surface area contributed by atoms with Crippen LogP contribution in [0.5, 0.6) is 0 Å². The van der Waals surface area contributed by atoms with Gasteiger partial charge in [0, 0.05) is 45.3 Å². The molecule has 0 aromatic carbocycles. The van der Waals surface area contributed by atoms with Gasteiger partial charge in [-0.05, 0) is 42.0 Å². The third-order valence-electron chi connectivity index (χ3n) is 6.42. The molecule has 9 nitrogen and oxygen atoms in total. The monoisotopic (exact) mass is 547 g/mol. The summed E-state index contributed by atoms with van der Waals surface area (Å²) < 4.78 is 1.71. The molecule has 0 spiro atoms. The Morgan fingerprint density at radius 1 is 1.16 bits per heavy atom. The zero-order valence-corrected chi connectivity index (χ0v) is 20.0. The minimum atomic E-state index is -0.143. The summed E-state index contributed by atoms with van der Waals surface area (Å²) in [6.07, 6.45) is 10.5. The molecule has 2 aromatic rings. The number of carbonyl (C=O) groups is 2. The Kier molecular flexibility index (Phi) is 6.58. The second-order valence-corrected chi connectivity index (χ2v) is 8.15. The molecule has 10 heteroatoms. The number of aromatic nitrogens is 3. The number of amides is 2. The molecule has 2 amide bonds. The lowest BCUT2D eigenvalue weighted by Gasteiger charge is -2.18. The summed E-state index contributed by atoms with van der Waals surface area (Å²) in [4.78, 5) is 35.5. The number of nitrogens with zero attached hydrogens (tertiary/aromatic N) is 5. The smallest absolute Gasteiger partial charge is 0.233 e. The van der Waals surface area contributed by atoms with Crippen LogP contribution in [0.1, 0.15) is 12.0 Å². The molecule has 4 unspecified atom stereocenters. The van der Waals surface area contributed by atoms with E-state index in [1.807, 2.05) is 24.4 Å². The van der Waals surface area contributed by atoms with Crippen molar-refractivity contribution in [3.63, 3.8) is 0 Å². The second kappa shape index (κ2) is 9.39. The highest BCUT2D eigenvalue weighted by molar-refractivity contribution is 14.0. The fourth-order valence-electron chi connectivity index (χ4n) is 4.98. The maximum atomic E-state index is 12.8. The van der Waals surface area contributed by atoms with E-state index in [4.69, 9.17) is 0 Å². The Bertz CT molecular complexity index is 1020. The first-order chi connectivity index (χ1) is 15.2. The van der Waals surface area contributed by atoms with E-state index in [1.54, 1.807) is 24.1 Å². The molecule has 2 N–H and O–H groups in total. The molecule has 1 aliphatic heterocycles. The van der Waals surface area contributed by atoms with Crippen LogP contribution in [-0.4, -0.2) is 57.6 Å². The molecule has 0 radical (unpaired) electrons. The summed E-state index contributed by atoms with van der Waals surface area (Å²) in [7, 11) is 1.69. The zero-order chi connectivity index (χ0) is 21.4. The van der Waals surface area contributed by atoms with E-state index < -0.39 is 0 Å². The average Bonchev–Trinajstić information content (AvgIpc) is 3.58. The molecular weight excluding hydrogens is 521 g/mol. The molecule has 2 bridgehead atoms. The third-order valence-corrected chi connectivity index (χ3v) is 6.42. The lowest BCUT2D eigenvalue weighted by atomic mass is 9.85. The average molecular weight is 547 g/mol. The van der Waals surface area contributed by atoms with Crippen LogP contribution in [0.15, 0.2) is 53.9 Å². The van der Waals surface area contributed by atoms with Gasteiger partial charge >= 0.3 is 0 Å². The van der Waals surface area contributed by atoms with Crippen LogP contribution in [0.4, 0.5) is 0 Å². The number of rotatable bonds is 6. The van der Waals surface area contributed by atoms with Crippen molar-refractivity contribution in [3.05, 3.63) is 54.5 Å². The van der Waals surface area contributed by atoms with Crippen LogP contribution in [0.2, 0.25) is 0 Å². The molecule has 2 aliphatic carbocycles. The predicted molar refractivity (Wildman–Crippen MR) is 129 cm³/mol. The van der Waals surface area contributed by atoms with Gasteiger partial charge < -0.3 is 10.6 Å². The Morgan fingerprint density at radius 2 is 1.91 bits per heavy atom. The summed E-state index contributed by atoms with van der Waals surface area (Å²) in [6.45, 7) is 1.36. The van der Waals surface area contributed by atoms with E-state index in [0.717, 1.165) is 17.8 Å². The van der Waals surface area contributed by atoms with Crippen molar-refractivity contribution in [1.29, 1.82) is 0 Å². The number of pyridine rings is 1. The quantitative estimate of drug-likeness (QED) is 0.186. The molecule has 168 valence electrons. The standard InChI is InChI=1S/C22H25N7O2.HI/c1-23-22(26-13-14-5-7-24-17(11-14)29-9-2-6-27-29)25-8-10-28-20(30)18-15-3-4-16(12-15)19(18)21(28)31;/h2-7,9,11,15-16,18-19H,8,10,12-13H2,1H3,(H2,23,25,26);1H. The molecule has 3 heterocycles. The van der Waals surface area contributed by atoms with Gasteiger partial charge in [0.25, 0.3) is 0 Å². The summed E-state index contributed by atoms with van der Waals surface area (Å²) in [5, 5.41) is 10.6. The largest absolute Gasteiger partial charge is 0.355 e. The van der Waals surface area contributed by atoms with E-state index in [9.17, 15) is 9.59 Å². The fraction of sp³-hybridized carbons (Fsp3) is 0.409. The van der Waals surface area contributed by atoms with Gasteiger partial charge in [-0.2, -0.15) is 5.10 Å². The number of halogens is 1. The minimum Gasteiger partial charge on any atom is -0.355 e. The number of hydrogen-bond donors (Lipinski definition) is 2. The highest BCUT2D eigenvalue weighted by Crippen LogP contribution is 2.52. The number of allylic oxidation sites excluding steroid dienone is 2. The highest BCUT2D eigenvalue weighted by atomic mass is 127. The number of aliphatic imine (C=N–C) groups is 1. The van der Waals surface area contributed by atoms with Gasteiger partial charge in [0.05, 0.1) is 11.8 Å². The van der Waals surface area contributed by atoms with Gasteiger partial charge in [0.2, 0.25) is 11.8 Å². The lowest BCUT2D eigenvalue weighted by molar-refractivity contribution is -0.140. The van der Waals surface area contributed by atoms with Crippen LogP contribution < -0.4 is 10.6 Å². The second-order valence-electron chi connectivity index (χ2n) is 8.15. The number of imide groups is 1. The van der Waals surface area contributed by atoms with Crippen LogP contribution >= 0.6 is 24.0 Å². The SMILES string of the molecule is CN=C(NCCN1C(=O)C2C3C=CC(C3)C2C1=O)NCc1ccnc(-n2cccn2)c1.I. The van der Waals surface area contributed by atoms with Crippen LogP contribution in [0, 0.1) is 23.7 Å². The van der Waals surface area contributed by atoms with Crippen LogP contribution in [0.3, 0.4) is 0 Å². The topological polar surface area (TPSA) is 105 Å². The van der Waals surface area contributed by atoms with Gasteiger partial charge in [-0.25, -0.2) is 9.67 Å². The minimum absolute atomic E-state index is 0. The Hall–Kier alpha value is -2.76. The molecule has 1 saturated heterocycles. The van der Waals surface area contributed by atoms with E-state index in [2.05, 4.69) is 37.9 Å². The van der Waals surface area contributed by atoms with E-state index in [0.29, 0.717) is 25.6 Å². The lowest BCUT2D eigenvalue weighted by Crippen LogP contribution is -2.43. The van der Waals surface area contributed by atoms with Gasteiger partial charge in [0.15, 0.2) is 11.8 Å². The van der Waals surface area contributed by atoms with Gasteiger partial charge in [0.1, 0.15) is 0 Å². The Morgan fingerprint density at radius 3 is 2.56 bits per heavy atom. The van der Waals surface area contributed by atoms with Crippen molar-refractivity contribution >= 4 is 41.8 Å². The summed E-state index contributed by atoms with van der Waals surface area (Å²) >= 11 is 0. The van der Waals surface area contributed by atoms with Gasteiger partial charge in [-0.15, -0.1) is 24.0 Å². The number of fused-ring (bicyclic) bond motifs is 5. The number of hydrogen-bond acceptors (Lipinski definition) is 5. The normalized spacial score (nSPS) is 25.8. The number of nitrogens with one attached hydrogen (secondary N) is 2. The summed E-state index contributed by atoms with van der Waals surface area (Å²) in [6, 6.07) is 5.73. The van der Waals surface area contributed by atoms with Crippen LogP contribution in [0.25, 0.3) is 5.82 Å². The summed E-state index contributed by atoms with van der Waals surface area (Å²) in [5.74, 6) is 1.52. The molecule has 1 saturated carbocycles. The number of carbonyl (C=O) groups excluding carboxylic acids is 2. The van der Waals surface area contributed by atoms with E-state index >= 15 is 0 Å². The van der Waals surface area contributed by atoms with Crippen LogP contribution in [-0.2, 0) is 16.1 Å². The van der Waals surface area contributed by atoms with Crippen molar-refractivity contribution in [1.82, 2.24) is 30.3 Å². The molecule has 3 aliphatic rings. The predicted octanol–water partition coefficient (Wildman–Crippen LogP) is 1.36. The molecule has 4 atom stereocenters. The van der Waals surface area contributed by atoms with E-state index in [1.165, 1.54) is 4.90 Å². The molecular formula is C22H26IN7O2. The maximum absolute atomic E-state index is 12.8. The highest BCUT2D eigenvalue weighted by Gasteiger charge is 2.58. The van der Waals surface area contributed by atoms with Gasteiger partial charge in [-0.3, -0.25) is 19.5 Å². The van der Waals surface area contributed by atoms with Crippen molar-refractivity contribution < 1.29 is 9.59 Å². The zero-order valence-electron chi connectivity index (χ0n) is 17.7. The molecule has 32 heavy (non-hydrogen) atoms. The first-order valence-corrected chi connectivity index (χ1v) is 10.6. The Balaban J connectivity index is 0.00000245. The van der Waals surface area contributed by atoms with Crippen molar-refractivity contribution in [2.24, 2.45) is 28.7 Å². The first kappa shape index (κ1) is 22.4. The fourth-order valence-corrected chi connectivity index (χ4v) is 4.98. The maximum Gasteiger partial charge on any atom is 0.233 e.